The first kappa shape index (κ1) is 14.0. The van der Waals surface area contributed by atoms with Crippen LogP contribution in [0, 0.1) is 5.92 Å². The van der Waals surface area contributed by atoms with E-state index in [0.717, 1.165) is 19.4 Å². The van der Waals surface area contributed by atoms with E-state index in [0.29, 0.717) is 12.0 Å². The second-order valence-corrected chi connectivity index (χ2v) is 5.04. The summed E-state index contributed by atoms with van der Waals surface area (Å²) in [6, 6.07) is 0. The van der Waals surface area contributed by atoms with Crippen LogP contribution < -0.4 is 0 Å². The fourth-order valence-corrected chi connectivity index (χ4v) is 2.25. The van der Waals surface area contributed by atoms with Gasteiger partial charge in [-0.2, -0.15) is 0 Å². The van der Waals surface area contributed by atoms with E-state index >= 15 is 0 Å². The molecule has 1 saturated heterocycles. The molecule has 0 spiro atoms. The Bertz CT molecular complexity index is 170. The monoisotopic (exact) mass is 228 g/mol. The second-order valence-electron chi connectivity index (χ2n) is 5.04. The molecule has 0 aromatic rings. The van der Waals surface area contributed by atoms with Crippen molar-refractivity contribution in [3.63, 3.8) is 0 Å². The van der Waals surface area contributed by atoms with Crippen molar-refractivity contribution in [2.24, 2.45) is 5.92 Å². The fraction of sp³-hybridized carbons (Fsp3) is 1.00. The lowest BCUT2D eigenvalue weighted by Crippen LogP contribution is -2.16. The van der Waals surface area contributed by atoms with Crippen molar-refractivity contribution < 1.29 is 9.47 Å². The third-order valence-corrected chi connectivity index (χ3v) is 3.42. The molecule has 1 heterocycles. The van der Waals surface area contributed by atoms with Gasteiger partial charge in [0, 0.05) is 13.0 Å². The molecule has 1 rings (SSSR count). The van der Waals surface area contributed by atoms with Gasteiger partial charge in [0.15, 0.2) is 6.29 Å². The number of rotatable bonds is 8. The lowest BCUT2D eigenvalue weighted by Gasteiger charge is -2.15. The molecular weight excluding hydrogens is 200 g/mol. The Hall–Kier alpha value is -0.0800. The molecule has 0 aliphatic carbocycles. The minimum Gasteiger partial charge on any atom is -0.353 e. The van der Waals surface area contributed by atoms with Crippen LogP contribution in [0.3, 0.4) is 0 Å². The maximum Gasteiger partial charge on any atom is 0.158 e. The first-order valence-corrected chi connectivity index (χ1v) is 7.05. The Morgan fingerprint density at radius 1 is 1.12 bits per heavy atom. The molecular formula is C14H28O2. The van der Waals surface area contributed by atoms with Gasteiger partial charge in [-0.1, -0.05) is 46.5 Å². The summed E-state index contributed by atoms with van der Waals surface area (Å²) in [5.74, 6) is 0.670. The van der Waals surface area contributed by atoms with Crippen LogP contribution in [0.2, 0.25) is 0 Å². The van der Waals surface area contributed by atoms with Crippen LogP contribution in [0.5, 0.6) is 0 Å². The van der Waals surface area contributed by atoms with Crippen LogP contribution in [0.1, 0.15) is 65.7 Å². The highest BCUT2D eigenvalue weighted by molar-refractivity contribution is 4.75. The topological polar surface area (TPSA) is 18.5 Å². The molecule has 2 nitrogen and oxygen atoms in total. The molecule has 1 aliphatic rings. The van der Waals surface area contributed by atoms with Crippen LogP contribution in [-0.4, -0.2) is 19.0 Å². The normalized spacial score (nSPS) is 29.8. The average molecular weight is 228 g/mol. The zero-order chi connectivity index (χ0) is 11.8. The summed E-state index contributed by atoms with van der Waals surface area (Å²) in [7, 11) is 0. The summed E-state index contributed by atoms with van der Waals surface area (Å²) in [6.07, 6.45) is 9.07. The molecule has 2 heteroatoms. The zero-order valence-corrected chi connectivity index (χ0v) is 11.2. The molecule has 0 unspecified atom stereocenters. The van der Waals surface area contributed by atoms with Gasteiger partial charge in [-0.05, 0) is 18.8 Å². The van der Waals surface area contributed by atoms with Crippen molar-refractivity contribution in [2.45, 2.75) is 78.1 Å². The summed E-state index contributed by atoms with van der Waals surface area (Å²) in [6.45, 7) is 7.58. The lowest BCUT2D eigenvalue weighted by molar-refractivity contribution is -0.135. The predicted molar refractivity (Wildman–Crippen MR) is 67.4 cm³/mol. The molecule has 1 fully saturated rings. The van der Waals surface area contributed by atoms with Crippen LogP contribution in [0.25, 0.3) is 0 Å². The van der Waals surface area contributed by atoms with E-state index in [1.165, 1.54) is 32.1 Å². The number of hydrogen-bond donors (Lipinski definition) is 0. The summed E-state index contributed by atoms with van der Waals surface area (Å²) in [5, 5.41) is 0. The van der Waals surface area contributed by atoms with Gasteiger partial charge in [0.1, 0.15) is 0 Å². The highest BCUT2D eigenvalue weighted by atomic mass is 16.7. The van der Waals surface area contributed by atoms with E-state index in [1.807, 2.05) is 0 Å². The molecule has 16 heavy (non-hydrogen) atoms. The van der Waals surface area contributed by atoms with Crippen LogP contribution >= 0.6 is 0 Å². The molecule has 0 amide bonds. The molecule has 0 bridgehead atoms. The third-order valence-electron chi connectivity index (χ3n) is 3.42. The quantitative estimate of drug-likeness (QED) is 0.581. The average Bonchev–Trinajstić information content (AvgIpc) is 2.61. The van der Waals surface area contributed by atoms with Crippen LogP contribution in [-0.2, 0) is 9.47 Å². The molecule has 0 aromatic heterocycles. The van der Waals surface area contributed by atoms with Crippen molar-refractivity contribution in [3.05, 3.63) is 0 Å². The highest BCUT2D eigenvalue weighted by Gasteiger charge is 2.31. The van der Waals surface area contributed by atoms with Gasteiger partial charge in [0.2, 0.25) is 0 Å². The Labute approximate surface area is 101 Å². The third kappa shape index (κ3) is 4.84. The van der Waals surface area contributed by atoms with Crippen molar-refractivity contribution in [2.75, 3.05) is 6.61 Å². The summed E-state index contributed by atoms with van der Waals surface area (Å²) in [5.41, 5.74) is 0. The van der Waals surface area contributed by atoms with E-state index in [1.54, 1.807) is 0 Å². The zero-order valence-electron chi connectivity index (χ0n) is 11.2. The lowest BCUT2D eigenvalue weighted by atomic mass is 9.99. The van der Waals surface area contributed by atoms with Gasteiger partial charge in [0.05, 0.1) is 6.10 Å². The second kappa shape index (κ2) is 8.08. The van der Waals surface area contributed by atoms with Crippen LogP contribution in [0.4, 0.5) is 0 Å². The van der Waals surface area contributed by atoms with E-state index in [9.17, 15) is 0 Å². The Balaban J connectivity index is 2.14. The van der Waals surface area contributed by atoms with Gasteiger partial charge in [-0.3, -0.25) is 0 Å². The highest BCUT2D eigenvalue weighted by Crippen LogP contribution is 2.30. The van der Waals surface area contributed by atoms with Crippen molar-refractivity contribution in [1.82, 2.24) is 0 Å². The van der Waals surface area contributed by atoms with E-state index in [2.05, 4.69) is 20.8 Å². The largest absolute Gasteiger partial charge is 0.353 e. The predicted octanol–water partition coefficient (Wildman–Crippen LogP) is 4.13. The summed E-state index contributed by atoms with van der Waals surface area (Å²) < 4.78 is 11.7. The Kier molecular flexibility index (Phi) is 7.06. The first-order valence-electron chi connectivity index (χ1n) is 7.05. The van der Waals surface area contributed by atoms with Crippen molar-refractivity contribution >= 4 is 0 Å². The first-order chi connectivity index (χ1) is 7.77. The molecule has 0 N–H and O–H groups in total. The van der Waals surface area contributed by atoms with Crippen molar-refractivity contribution in [3.8, 4) is 0 Å². The molecule has 3 atom stereocenters. The molecule has 96 valence electrons. The van der Waals surface area contributed by atoms with Gasteiger partial charge < -0.3 is 9.47 Å². The number of unbranched alkanes of at least 4 members (excludes halogenated alkanes) is 3. The molecule has 0 saturated carbocycles. The van der Waals surface area contributed by atoms with Gasteiger partial charge in [-0.15, -0.1) is 0 Å². The summed E-state index contributed by atoms with van der Waals surface area (Å²) >= 11 is 0. The molecule has 1 aliphatic heterocycles. The SMILES string of the molecule is CCCCC[C@H]1O[C@@H](OCCCC)C[C@@H]1C. The minimum absolute atomic E-state index is 0.0770. The summed E-state index contributed by atoms with van der Waals surface area (Å²) in [4.78, 5) is 0. The Morgan fingerprint density at radius 2 is 1.88 bits per heavy atom. The standard InChI is InChI=1S/C14H28O2/c1-4-6-8-9-13-12(3)11-14(16-13)15-10-7-5-2/h12-14H,4-11H2,1-3H3/t12-,13+,14+/m0/s1. The fourth-order valence-electron chi connectivity index (χ4n) is 2.25. The number of ether oxygens (including phenoxy) is 2. The maximum atomic E-state index is 5.94. The van der Waals surface area contributed by atoms with Gasteiger partial charge in [-0.25, -0.2) is 0 Å². The maximum absolute atomic E-state index is 5.94. The molecule has 0 radical (unpaired) electrons. The Morgan fingerprint density at radius 3 is 2.56 bits per heavy atom. The van der Waals surface area contributed by atoms with E-state index in [-0.39, 0.29) is 6.29 Å². The number of hydrogen-bond acceptors (Lipinski definition) is 2. The van der Waals surface area contributed by atoms with Gasteiger partial charge in [0.25, 0.3) is 0 Å². The van der Waals surface area contributed by atoms with E-state index in [4.69, 9.17) is 9.47 Å². The minimum atomic E-state index is 0.0770. The smallest absolute Gasteiger partial charge is 0.158 e. The molecule has 0 aromatic carbocycles. The van der Waals surface area contributed by atoms with Crippen LogP contribution in [0.15, 0.2) is 0 Å². The van der Waals surface area contributed by atoms with Gasteiger partial charge >= 0.3 is 0 Å². The van der Waals surface area contributed by atoms with E-state index < -0.39 is 0 Å². The van der Waals surface area contributed by atoms with Crippen molar-refractivity contribution in [1.29, 1.82) is 0 Å².